The molecule has 0 amide bonds. The van der Waals surface area contributed by atoms with Gasteiger partial charge in [0.05, 0.1) is 33.9 Å². The van der Waals surface area contributed by atoms with E-state index < -0.39 is 11.4 Å². The van der Waals surface area contributed by atoms with Gasteiger partial charge in [-0.3, -0.25) is 0 Å². The summed E-state index contributed by atoms with van der Waals surface area (Å²) in [6.07, 6.45) is 2.84. The van der Waals surface area contributed by atoms with Crippen LogP contribution >= 0.6 is 46.4 Å². The summed E-state index contributed by atoms with van der Waals surface area (Å²) in [6, 6.07) is 3.23. The number of hydrogen-bond donors (Lipinski definition) is 0. The predicted molar refractivity (Wildman–Crippen MR) is 131 cm³/mol. The summed E-state index contributed by atoms with van der Waals surface area (Å²) >= 11 is 23.7. The van der Waals surface area contributed by atoms with Crippen LogP contribution in [0.15, 0.2) is 27.9 Å². The van der Waals surface area contributed by atoms with E-state index in [4.69, 9.17) is 65.5 Å². The highest BCUT2D eigenvalue weighted by molar-refractivity contribution is 6.55. The largest absolute Gasteiger partial charge is 0.489 e. The maximum Gasteiger partial charge on any atom is 0.340 e. The van der Waals surface area contributed by atoms with E-state index in [2.05, 4.69) is 5.16 Å². The smallest absolute Gasteiger partial charge is 0.340 e. The molecule has 1 aromatic rings. The standard InChI is InChI=1S/C22H29Cl4NO5/c1-14(27-32-21(28)22(3,4)5)13-29-9-6-7-15(2)31-20-17(23)11-16(12-18(20)24)30-10-8-19(25)26/h8,11-12,15H,6-7,9-10,13H2,1-5H3. The van der Waals surface area contributed by atoms with Crippen molar-refractivity contribution in [1.29, 1.82) is 0 Å². The summed E-state index contributed by atoms with van der Waals surface area (Å²) in [5.41, 5.74) is -0.0212. The molecule has 0 aromatic heterocycles. The molecular weight excluding hydrogens is 500 g/mol. The van der Waals surface area contributed by atoms with Crippen LogP contribution in [0.4, 0.5) is 0 Å². The molecule has 6 nitrogen and oxygen atoms in total. The first-order valence-corrected chi connectivity index (χ1v) is 11.5. The molecule has 0 aliphatic carbocycles. The second-order valence-corrected chi connectivity index (χ2v) is 9.92. The zero-order valence-corrected chi connectivity index (χ0v) is 21.9. The average Bonchev–Trinajstić information content (AvgIpc) is 2.67. The number of carbonyl (C=O) groups is 1. The summed E-state index contributed by atoms with van der Waals surface area (Å²) < 4.78 is 17.0. The fourth-order valence-corrected chi connectivity index (χ4v) is 2.85. The van der Waals surface area contributed by atoms with Crippen LogP contribution in [0.1, 0.15) is 47.5 Å². The van der Waals surface area contributed by atoms with Crippen molar-refractivity contribution in [2.45, 2.75) is 53.6 Å². The zero-order valence-electron chi connectivity index (χ0n) is 18.8. The van der Waals surface area contributed by atoms with Gasteiger partial charge in [-0.05, 0) is 53.5 Å². The van der Waals surface area contributed by atoms with E-state index >= 15 is 0 Å². The molecule has 1 atom stereocenters. The fraction of sp³-hybridized carbons (Fsp3) is 0.545. The molecule has 0 aliphatic heterocycles. The van der Waals surface area contributed by atoms with E-state index in [0.29, 0.717) is 33.9 Å². The highest BCUT2D eigenvalue weighted by atomic mass is 35.5. The monoisotopic (exact) mass is 527 g/mol. The third-order valence-corrected chi connectivity index (χ3v) is 4.76. The van der Waals surface area contributed by atoms with E-state index in [-0.39, 0.29) is 23.8 Å². The second kappa shape index (κ2) is 14.2. The molecule has 0 saturated carbocycles. The Labute approximate surface area is 209 Å². The molecule has 0 fully saturated rings. The summed E-state index contributed by atoms with van der Waals surface area (Å²) in [7, 11) is 0. The summed E-state index contributed by atoms with van der Waals surface area (Å²) in [4.78, 5) is 16.6. The molecule has 0 radical (unpaired) electrons. The number of oxime groups is 1. The van der Waals surface area contributed by atoms with Crippen molar-refractivity contribution in [3.8, 4) is 11.5 Å². The van der Waals surface area contributed by atoms with E-state index in [1.54, 1.807) is 39.8 Å². The maximum atomic E-state index is 11.7. The minimum atomic E-state index is -0.601. The summed E-state index contributed by atoms with van der Waals surface area (Å²) in [6.45, 7) is 9.91. The van der Waals surface area contributed by atoms with Crippen LogP contribution in [0.2, 0.25) is 10.0 Å². The highest BCUT2D eigenvalue weighted by Crippen LogP contribution is 2.37. The van der Waals surface area contributed by atoms with Crippen molar-refractivity contribution in [1.82, 2.24) is 0 Å². The molecule has 0 aliphatic rings. The van der Waals surface area contributed by atoms with Gasteiger partial charge in [0, 0.05) is 18.7 Å². The van der Waals surface area contributed by atoms with E-state index in [0.717, 1.165) is 12.8 Å². The molecule has 1 aromatic carbocycles. The van der Waals surface area contributed by atoms with Gasteiger partial charge in [-0.1, -0.05) is 51.6 Å². The minimum Gasteiger partial charge on any atom is -0.489 e. The average molecular weight is 529 g/mol. The first-order valence-electron chi connectivity index (χ1n) is 10.0. The molecule has 32 heavy (non-hydrogen) atoms. The fourth-order valence-electron chi connectivity index (χ4n) is 2.17. The van der Waals surface area contributed by atoms with E-state index in [1.165, 1.54) is 6.08 Å². The number of ether oxygens (including phenoxy) is 3. The summed E-state index contributed by atoms with van der Waals surface area (Å²) in [5, 5.41) is 4.48. The number of rotatable bonds is 12. The molecule has 10 heteroatoms. The van der Waals surface area contributed by atoms with Crippen molar-refractivity contribution >= 4 is 58.1 Å². The third-order valence-electron chi connectivity index (χ3n) is 3.89. The number of halogens is 4. The van der Waals surface area contributed by atoms with Crippen molar-refractivity contribution < 1.29 is 23.8 Å². The van der Waals surface area contributed by atoms with Gasteiger partial charge in [-0.25, -0.2) is 4.79 Å². The van der Waals surface area contributed by atoms with Crippen molar-refractivity contribution in [3.63, 3.8) is 0 Å². The minimum absolute atomic E-state index is 0.117. The molecular formula is C22H29Cl4NO5. The highest BCUT2D eigenvalue weighted by Gasteiger charge is 2.23. The Hall–Kier alpha value is -1.18. The second-order valence-electron chi connectivity index (χ2n) is 8.10. The topological polar surface area (TPSA) is 66.3 Å². The van der Waals surface area contributed by atoms with Gasteiger partial charge < -0.3 is 19.0 Å². The van der Waals surface area contributed by atoms with Crippen molar-refractivity contribution in [2.75, 3.05) is 19.8 Å². The normalized spacial score (nSPS) is 12.8. The van der Waals surface area contributed by atoms with Crippen LogP contribution in [-0.4, -0.2) is 37.6 Å². The number of nitrogens with zero attached hydrogens (tertiary/aromatic N) is 1. The van der Waals surface area contributed by atoms with Gasteiger partial charge in [0.15, 0.2) is 5.75 Å². The first kappa shape index (κ1) is 28.9. The van der Waals surface area contributed by atoms with E-state index in [9.17, 15) is 4.79 Å². The molecule has 0 spiro atoms. The lowest BCUT2D eigenvalue weighted by Gasteiger charge is -2.18. The van der Waals surface area contributed by atoms with Crippen LogP contribution in [-0.2, 0) is 14.4 Å². The Bertz CT molecular complexity index is 794. The van der Waals surface area contributed by atoms with E-state index in [1.807, 2.05) is 6.92 Å². The Morgan fingerprint density at radius 3 is 2.38 bits per heavy atom. The lowest BCUT2D eigenvalue weighted by atomic mass is 9.98. The summed E-state index contributed by atoms with van der Waals surface area (Å²) in [5.74, 6) is 0.476. The molecule has 1 unspecified atom stereocenters. The molecule has 1 rings (SSSR count). The number of hydrogen-bond acceptors (Lipinski definition) is 6. The third kappa shape index (κ3) is 11.6. The molecule has 0 bridgehead atoms. The Morgan fingerprint density at radius 1 is 1.19 bits per heavy atom. The lowest BCUT2D eigenvalue weighted by molar-refractivity contribution is -0.153. The maximum absolute atomic E-state index is 11.7. The Balaban J connectivity index is 2.40. The van der Waals surface area contributed by atoms with Crippen LogP contribution in [0.25, 0.3) is 0 Å². The molecule has 180 valence electrons. The van der Waals surface area contributed by atoms with Crippen LogP contribution in [0, 0.1) is 5.41 Å². The molecule has 0 N–H and O–H groups in total. The number of benzene rings is 1. The Morgan fingerprint density at radius 2 is 1.81 bits per heavy atom. The quantitative estimate of drug-likeness (QED) is 0.124. The van der Waals surface area contributed by atoms with Gasteiger partial charge >= 0.3 is 5.97 Å². The van der Waals surface area contributed by atoms with Gasteiger partial charge in [-0.2, -0.15) is 0 Å². The molecule has 0 saturated heterocycles. The van der Waals surface area contributed by atoms with Crippen LogP contribution in [0.5, 0.6) is 11.5 Å². The van der Waals surface area contributed by atoms with Crippen LogP contribution in [0.3, 0.4) is 0 Å². The molecule has 0 heterocycles. The van der Waals surface area contributed by atoms with Crippen LogP contribution < -0.4 is 9.47 Å². The lowest BCUT2D eigenvalue weighted by Crippen LogP contribution is -2.21. The van der Waals surface area contributed by atoms with Gasteiger partial charge in [0.2, 0.25) is 0 Å². The Kier molecular flexibility index (Phi) is 12.8. The number of carbonyl (C=O) groups excluding carboxylic acids is 1. The first-order chi connectivity index (χ1) is 14.9. The SMILES string of the molecule is CC(COCCCC(C)Oc1c(Cl)cc(OCC=C(Cl)Cl)cc1Cl)=NOC(=O)C(C)(C)C. The van der Waals surface area contributed by atoms with Gasteiger partial charge in [0.1, 0.15) is 16.8 Å². The van der Waals surface area contributed by atoms with Crippen molar-refractivity contribution in [3.05, 3.63) is 32.7 Å². The van der Waals surface area contributed by atoms with Gasteiger partial charge in [-0.15, -0.1) is 0 Å². The predicted octanol–water partition coefficient (Wildman–Crippen LogP) is 7.22. The van der Waals surface area contributed by atoms with Gasteiger partial charge in [0.25, 0.3) is 0 Å². The van der Waals surface area contributed by atoms with Crippen molar-refractivity contribution in [2.24, 2.45) is 10.6 Å². The zero-order chi connectivity index (χ0) is 24.3.